The summed E-state index contributed by atoms with van der Waals surface area (Å²) in [5, 5.41) is 5.97. The van der Waals surface area contributed by atoms with E-state index >= 15 is 0 Å². The summed E-state index contributed by atoms with van der Waals surface area (Å²) in [5.74, 6) is 1.42. The maximum Gasteiger partial charge on any atom is 0.251 e. The molecule has 2 rings (SSSR count). The largest absolute Gasteiger partial charge is 0.497 e. The molecule has 1 amide bonds. The molecule has 31 heavy (non-hydrogen) atoms. The van der Waals surface area contributed by atoms with E-state index in [1.54, 1.807) is 40.3 Å². The van der Waals surface area contributed by atoms with Crippen molar-refractivity contribution in [3.05, 3.63) is 58.9 Å². The molecule has 2 aromatic rings. The second kappa shape index (κ2) is 13.0. The van der Waals surface area contributed by atoms with Gasteiger partial charge in [-0.25, -0.2) is 4.39 Å². The Labute approximate surface area is 200 Å². The molecule has 0 unspecified atom stereocenters. The van der Waals surface area contributed by atoms with Crippen molar-refractivity contribution in [2.75, 3.05) is 41.4 Å². The maximum absolute atomic E-state index is 13.6. The first kappa shape index (κ1) is 26.5. The number of benzene rings is 2. The van der Waals surface area contributed by atoms with E-state index in [9.17, 15) is 9.18 Å². The number of carbonyl (C=O) groups excluding carboxylic acids is 1. The van der Waals surface area contributed by atoms with Crippen molar-refractivity contribution in [2.45, 2.75) is 13.5 Å². The summed E-state index contributed by atoms with van der Waals surface area (Å²) in [5.41, 5.74) is 1.79. The molecule has 9 heteroatoms. The fourth-order valence-electron chi connectivity index (χ4n) is 2.88. The van der Waals surface area contributed by atoms with Crippen LogP contribution in [0.2, 0.25) is 0 Å². The molecule has 2 aromatic carbocycles. The van der Waals surface area contributed by atoms with Crippen LogP contribution in [0.15, 0.2) is 41.4 Å². The number of ether oxygens (including phenoxy) is 2. The van der Waals surface area contributed by atoms with E-state index in [-0.39, 0.29) is 29.9 Å². The third-order valence-corrected chi connectivity index (χ3v) is 4.60. The lowest BCUT2D eigenvalue weighted by molar-refractivity contribution is 0.0954. The van der Waals surface area contributed by atoms with Gasteiger partial charge in [0.1, 0.15) is 17.3 Å². The van der Waals surface area contributed by atoms with Crippen LogP contribution in [0.3, 0.4) is 0 Å². The predicted octanol–water partition coefficient (Wildman–Crippen LogP) is 3.21. The molecular weight excluding hydrogens is 514 g/mol. The van der Waals surface area contributed by atoms with E-state index in [2.05, 4.69) is 15.6 Å². The minimum atomic E-state index is -0.392. The summed E-state index contributed by atoms with van der Waals surface area (Å²) in [4.78, 5) is 18.4. The molecule has 0 aliphatic rings. The Kier molecular flexibility index (Phi) is 11.1. The highest BCUT2D eigenvalue weighted by molar-refractivity contribution is 14.0. The second-order valence-electron chi connectivity index (χ2n) is 6.73. The van der Waals surface area contributed by atoms with Crippen molar-refractivity contribution in [3.8, 4) is 11.5 Å². The number of rotatable bonds is 8. The minimum Gasteiger partial charge on any atom is -0.497 e. The number of aryl methyl sites for hydroxylation is 1. The predicted molar refractivity (Wildman–Crippen MR) is 131 cm³/mol. The third-order valence-electron chi connectivity index (χ3n) is 4.60. The van der Waals surface area contributed by atoms with Crippen LogP contribution in [0.5, 0.6) is 11.5 Å². The number of guanidine groups is 1. The molecular formula is C22H30FIN4O3. The number of hydrogen-bond donors (Lipinski definition) is 2. The lowest BCUT2D eigenvalue weighted by atomic mass is 10.1. The van der Waals surface area contributed by atoms with Crippen molar-refractivity contribution in [1.82, 2.24) is 15.5 Å². The molecule has 0 fully saturated rings. The number of methoxy groups -OCH3 is 2. The Morgan fingerprint density at radius 2 is 1.81 bits per heavy atom. The lowest BCUT2D eigenvalue weighted by Gasteiger charge is -2.23. The number of nitrogens with one attached hydrogen (secondary N) is 2. The molecule has 0 aliphatic heterocycles. The van der Waals surface area contributed by atoms with Crippen molar-refractivity contribution in [1.29, 1.82) is 0 Å². The van der Waals surface area contributed by atoms with Crippen LogP contribution in [-0.2, 0) is 6.54 Å². The normalized spacial score (nSPS) is 10.7. The van der Waals surface area contributed by atoms with Gasteiger partial charge in [0.2, 0.25) is 0 Å². The van der Waals surface area contributed by atoms with Crippen molar-refractivity contribution in [2.24, 2.45) is 4.99 Å². The quantitative estimate of drug-likeness (QED) is 0.231. The molecule has 7 nitrogen and oxygen atoms in total. The van der Waals surface area contributed by atoms with Gasteiger partial charge < -0.3 is 25.0 Å². The second-order valence-corrected chi connectivity index (χ2v) is 6.73. The summed E-state index contributed by atoms with van der Waals surface area (Å²) >= 11 is 0. The molecule has 0 aromatic heterocycles. The summed E-state index contributed by atoms with van der Waals surface area (Å²) < 4.78 is 24.3. The van der Waals surface area contributed by atoms with Crippen molar-refractivity contribution >= 4 is 35.8 Å². The first-order chi connectivity index (χ1) is 14.4. The van der Waals surface area contributed by atoms with Gasteiger partial charge in [0.15, 0.2) is 5.96 Å². The monoisotopic (exact) mass is 544 g/mol. The van der Waals surface area contributed by atoms with Crippen LogP contribution in [0, 0.1) is 12.7 Å². The van der Waals surface area contributed by atoms with E-state index in [1.165, 1.54) is 6.07 Å². The Bertz CT molecular complexity index is 908. The van der Waals surface area contributed by atoms with Crippen LogP contribution in [0.1, 0.15) is 21.5 Å². The van der Waals surface area contributed by atoms with Gasteiger partial charge in [0, 0.05) is 50.9 Å². The summed E-state index contributed by atoms with van der Waals surface area (Å²) in [6.45, 7) is 3.07. The van der Waals surface area contributed by atoms with Crippen molar-refractivity contribution < 1.29 is 18.7 Å². The van der Waals surface area contributed by atoms with E-state index in [1.807, 2.05) is 30.1 Å². The Balaban J connectivity index is 0.00000480. The molecule has 0 radical (unpaired) electrons. The highest BCUT2D eigenvalue weighted by Crippen LogP contribution is 2.25. The minimum absolute atomic E-state index is 0. The van der Waals surface area contributed by atoms with Gasteiger partial charge in [-0.3, -0.25) is 9.79 Å². The molecule has 0 heterocycles. The molecule has 0 bridgehead atoms. The lowest BCUT2D eigenvalue weighted by Crippen LogP contribution is -2.42. The molecule has 0 spiro atoms. The van der Waals surface area contributed by atoms with Gasteiger partial charge in [0.25, 0.3) is 5.91 Å². The number of hydrogen-bond acceptors (Lipinski definition) is 4. The third kappa shape index (κ3) is 7.57. The zero-order valence-corrected chi connectivity index (χ0v) is 20.8. The van der Waals surface area contributed by atoms with Crippen molar-refractivity contribution in [3.63, 3.8) is 0 Å². The van der Waals surface area contributed by atoms with E-state index in [0.717, 1.165) is 17.1 Å². The maximum atomic E-state index is 13.6. The van der Waals surface area contributed by atoms with Gasteiger partial charge >= 0.3 is 0 Å². The number of nitrogens with zero attached hydrogens (tertiary/aromatic N) is 2. The summed E-state index contributed by atoms with van der Waals surface area (Å²) in [7, 11) is 6.83. The summed E-state index contributed by atoms with van der Waals surface area (Å²) in [6.07, 6.45) is 0. The van der Waals surface area contributed by atoms with Crippen LogP contribution < -0.4 is 20.1 Å². The highest BCUT2D eigenvalue weighted by Gasteiger charge is 2.12. The molecule has 170 valence electrons. The van der Waals surface area contributed by atoms with Gasteiger partial charge in [-0.2, -0.15) is 0 Å². The Morgan fingerprint density at radius 1 is 1.10 bits per heavy atom. The zero-order chi connectivity index (χ0) is 22.1. The fraction of sp³-hybridized carbons (Fsp3) is 0.364. The van der Waals surface area contributed by atoms with E-state index < -0.39 is 5.82 Å². The topological polar surface area (TPSA) is 75.2 Å². The van der Waals surface area contributed by atoms with E-state index in [4.69, 9.17) is 9.47 Å². The number of carbonyl (C=O) groups is 1. The SMILES string of the molecule is CN=C(NCCNC(=O)c1ccc(C)c(F)c1)N(C)Cc1ccc(OC)cc1OC.I. The average molecular weight is 544 g/mol. The first-order valence-corrected chi connectivity index (χ1v) is 9.56. The van der Waals surface area contributed by atoms with Gasteiger partial charge in [0.05, 0.1) is 14.2 Å². The molecule has 0 saturated carbocycles. The molecule has 0 aliphatic carbocycles. The van der Waals surface area contributed by atoms with Crippen LogP contribution in [0.4, 0.5) is 4.39 Å². The smallest absolute Gasteiger partial charge is 0.251 e. The van der Waals surface area contributed by atoms with Crippen LogP contribution in [0.25, 0.3) is 0 Å². The molecule has 0 atom stereocenters. The van der Waals surface area contributed by atoms with Crippen LogP contribution in [-0.4, -0.2) is 58.2 Å². The standard InChI is InChI=1S/C22H29FN4O3.HI/c1-15-6-7-16(12-19(15)23)21(28)25-10-11-26-22(24-2)27(3)14-17-8-9-18(29-4)13-20(17)30-5;/h6-9,12-13H,10-11,14H2,1-5H3,(H,24,26)(H,25,28);1H. The fourth-order valence-corrected chi connectivity index (χ4v) is 2.88. The number of halogens is 2. The zero-order valence-electron chi connectivity index (χ0n) is 18.5. The molecule has 0 saturated heterocycles. The highest BCUT2D eigenvalue weighted by atomic mass is 127. The Morgan fingerprint density at radius 3 is 2.42 bits per heavy atom. The average Bonchev–Trinajstić information content (AvgIpc) is 2.75. The number of amides is 1. The summed E-state index contributed by atoms with van der Waals surface area (Å²) in [6, 6.07) is 10.1. The molecule has 2 N–H and O–H groups in total. The van der Waals surface area contributed by atoms with Gasteiger partial charge in [-0.15, -0.1) is 24.0 Å². The number of aliphatic imine (C=N–C) groups is 1. The first-order valence-electron chi connectivity index (χ1n) is 9.56. The van der Waals surface area contributed by atoms with E-state index in [0.29, 0.717) is 36.7 Å². The Hall–Kier alpha value is -2.56. The van der Waals surface area contributed by atoms with Gasteiger partial charge in [-0.05, 0) is 36.8 Å². The van der Waals surface area contributed by atoms with Crippen LogP contribution >= 0.6 is 24.0 Å². The van der Waals surface area contributed by atoms with Gasteiger partial charge in [-0.1, -0.05) is 6.07 Å².